The quantitative estimate of drug-likeness (QED) is 0.861. The van der Waals surface area contributed by atoms with Gasteiger partial charge in [-0.3, -0.25) is 9.59 Å². The summed E-state index contributed by atoms with van der Waals surface area (Å²) in [4.78, 5) is 24.6. The highest BCUT2D eigenvalue weighted by atomic mass is 19.1. The molecule has 1 atom stereocenters. The Labute approximate surface area is 116 Å². The number of aliphatic carboxylic acids is 1. The molecule has 1 amide bonds. The van der Waals surface area contributed by atoms with E-state index in [1.54, 1.807) is 25.1 Å². The number of hydrogen-bond acceptors (Lipinski definition) is 2. The lowest BCUT2D eigenvalue weighted by molar-refractivity contribution is -0.147. The van der Waals surface area contributed by atoms with E-state index in [1.807, 2.05) is 0 Å². The lowest BCUT2D eigenvalue weighted by Gasteiger charge is -2.18. The van der Waals surface area contributed by atoms with Gasteiger partial charge in [-0.25, -0.2) is 4.39 Å². The molecular formula is C15H16FNO3. The van der Waals surface area contributed by atoms with Crippen LogP contribution >= 0.6 is 0 Å². The second-order valence-corrected chi connectivity index (χ2v) is 5.23. The minimum Gasteiger partial charge on any atom is -0.481 e. The highest BCUT2D eigenvalue weighted by Crippen LogP contribution is 2.30. The first-order chi connectivity index (χ1) is 9.42. The van der Waals surface area contributed by atoms with Crippen molar-refractivity contribution in [1.29, 1.82) is 0 Å². The van der Waals surface area contributed by atoms with Crippen LogP contribution < -0.4 is 0 Å². The van der Waals surface area contributed by atoms with E-state index in [9.17, 15) is 14.0 Å². The first-order valence-electron chi connectivity index (χ1n) is 6.37. The SMILES string of the molecule is C[C@@]1(C(=O)O)CCN(C(=O)/C=C/c2ccccc2F)C1. The smallest absolute Gasteiger partial charge is 0.311 e. The average molecular weight is 277 g/mol. The Balaban J connectivity index is 2.04. The summed E-state index contributed by atoms with van der Waals surface area (Å²) in [6.07, 6.45) is 3.13. The Morgan fingerprint density at radius 2 is 2.10 bits per heavy atom. The molecule has 0 unspecified atom stereocenters. The second kappa shape index (κ2) is 5.45. The van der Waals surface area contributed by atoms with E-state index in [1.165, 1.54) is 23.1 Å². The van der Waals surface area contributed by atoms with E-state index in [0.717, 1.165) is 0 Å². The number of likely N-dealkylation sites (tertiary alicyclic amines) is 1. The van der Waals surface area contributed by atoms with Crippen molar-refractivity contribution in [2.45, 2.75) is 13.3 Å². The average Bonchev–Trinajstić information content (AvgIpc) is 2.82. The number of hydrogen-bond donors (Lipinski definition) is 1. The fourth-order valence-corrected chi connectivity index (χ4v) is 2.20. The predicted molar refractivity (Wildman–Crippen MR) is 72.4 cm³/mol. The molecule has 0 saturated carbocycles. The van der Waals surface area contributed by atoms with Crippen molar-refractivity contribution in [3.63, 3.8) is 0 Å². The highest BCUT2D eigenvalue weighted by Gasteiger charge is 2.41. The van der Waals surface area contributed by atoms with Crippen LogP contribution in [-0.4, -0.2) is 35.0 Å². The van der Waals surface area contributed by atoms with Crippen LogP contribution in [0.1, 0.15) is 18.9 Å². The zero-order valence-electron chi connectivity index (χ0n) is 11.2. The molecular weight excluding hydrogens is 261 g/mol. The van der Waals surface area contributed by atoms with Gasteiger partial charge in [0.15, 0.2) is 0 Å². The van der Waals surface area contributed by atoms with Crippen LogP contribution in [0.4, 0.5) is 4.39 Å². The van der Waals surface area contributed by atoms with Crippen molar-refractivity contribution in [2.75, 3.05) is 13.1 Å². The number of carbonyl (C=O) groups is 2. The predicted octanol–water partition coefficient (Wildman–Crippen LogP) is 2.16. The normalized spacial score (nSPS) is 22.4. The maximum Gasteiger partial charge on any atom is 0.311 e. The molecule has 1 N–H and O–H groups in total. The molecule has 1 aromatic carbocycles. The molecule has 1 saturated heterocycles. The van der Waals surface area contributed by atoms with Crippen LogP contribution in [0.3, 0.4) is 0 Å². The van der Waals surface area contributed by atoms with Gasteiger partial charge in [0.1, 0.15) is 5.82 Å². The number of rotatable bonds is 3. The summed E-state index contributed by atoms with van der Waals surface area (Å²) in [6.45, 7) is 2.22. The molecule has 0 aliphatic carbocycles. The molecule has 106 valence electrons. The Kier molecular flexibility index (Phi) is 3.88. The third-order valence-corrected chi connectivity index (χ3v) is 3.61. The van der Waals surface area contributed by atoms with E-state index < -0.39 is 17.2 Å². The summed E-state index contributed by atoms with van der Waals surface area (Å²) in [6, 6.07) is 6.16. The van der Waals surface area contributed by atoms with E-state index in [0.29, 0.717) is 18.5 Å². The van der Waals surface area contributed by atoms with Gasteiger partial charge in [-0.05, 0) is 25.5 Å². The van der Waals surface area contributed by atoms with Gasteiger partial charge in [-0.2, -0.15) is 0 Å². The van der Waals surface area contributed by atoms with Gasteiger partial charge < -0.3 is 10.0 Å². The van der Waals surface area contributed by atoms with Gasteiger partial charge in [0.25, 0.3) is 0 Å². The molecule has 0 bridgehead atoms. The summed E-state index contributed by atoms with van der Waals surface area (Å²) < 4.78 is 13.4. The monoisotopic (exact) mass is 277 g/mol. The van der Waals surface area contributed by atoms with Gasteiger partial charge in [-0.1, -0.05) is 18.2 Å². The lowest BCUT2D eigenvalue weighted by Crippen LogP contribution is -2.34. The fraction of sp³-hybridized carbons (Fsp3) is 0.333. The van der Waals surface area contributed by atoms with Crippen molar-refractivity contribution >= 4 is 18.0 Å². The van der Waals surface area contributed by atoms with E-state index in [-0.39, 0.29) is 12.5 Å². The van der Waals surface area contributed by atoms with Crippen LogP contribution in [0.5, 0.6) is 0 Å². The first kappa shape index (κ1) is 14.2. The van der Waals surface area contributed by atoms with Crippen LogP contribution in [0.2, 0.25) is 0 Å². The van der Waals surface area contributed by atoms with E-state index >= 15 is 0 Å². The number of carboxylic acid groups (broad SMARTS) is 1. The number of benzene rings is 1. The van der Waals surface area contributed by atoms with Crippen LogP contribution in [0.25, 0.3) is 6.08 Å². The molecule has 4 nitrogen and oxygen atoms in total. The van der Waals surface area contributed by atoms with Gasteiger partial charge in [0, 0.05) is 24.7 Å². The third-order valence-electron chi connectivity index (χ3n) is 3.61. The van der Waals surface area contributed by atoms with Gasteiger partial charge in [0.05, 0.1) is 5.41 Å². The van der Waals surface area contributed by atoms with Gasteiger partial charge >= 0.3 is 5.97 Å². The lowest BCUT2D eigenvalue weighted by atomic mass is 9.90. The van der Waals surface area contributed by atoms with Crippen LogP contribution in [-0.2, 0) is 9.59 Å². The van der Waals surface area contributed by atoms with Crippen molar-refractivity contribution in [3.8, 4) is 0 Å². The highest BCUT2D eigenvalue weighted by molar-refractivity contribution is 5.92. The molecule has 0 spiro atoms. The van der Waals surface area contributed by atoms with Crippen molar-refractivity contribution < 1.29 is 19.1 Å². The van der Waals surface area contributed by atoms with Crippen molar-refractivity contribution in [3.05, 3.63) is 41.7 Å². The minimum atomic E-state index is -0.897. The number of carboxylic acids is 1. The van der Waals surface area contributed by atoms with Gasteiger partial charge in [-0.15, -0.1) is 0 Å². The maximum atomic E-state index is 13.4. The Morgan fingerprint density at radius 3 is 2.70 bits per heavy atom. The number of halogens is 1. The Morgan fingerprint density at radius 1 is 1.40 bits per heavy atom. The molecule has 0 aromatic heterocycles. The van der Waals surface area contributed by atoms with Crippen LogP contribution in [0.15, 0.2) is 30.3 Å². The standard InChI is InChI=1S/C15H16FNO3/c1-15(14(19)20)8-9-17(10-15)13(18)7-6-11-4-2-3-5-12(11)16/h2-7H,8-10H2,1H3,(H,19,20)/b7-6+/t15-/m1/s1. The summed E-state index contributed by atoms with van der Waals surface area (Å²) in [5, 5.41) is 9.11. The molecule has 1 aliphatic rings. The largest absolute Gasteiger partial charge is 0.481 e. The fourth-order valence-electron chi connectivity index (χ4n) is 2.20. The summed E-state index contributed by atoms with van der Waals surface area (Å²) in [5.41, 5.74) is -0.553. The first-order valence-corrected chi connectivity index (χ1v) is 6.37. The molecule has 1 heterocycles. The summed E-state index contributed by atoms with van der Waals surface area (Å²) in [7, 11) is 0. The minimum absolute atomic E-state index is 0.183. The molecule has 1 aromatic rings. The summed E-state index contributed by atoms with van der Waals surface area (Å²) in [5.74, 6) is -1.59. The molecule has 0 radical (unpaired) electrons. The summed E-state index contributed by atoms with van der Waals surface area (Å²) >= 11 is 0. The van der Waals surface area contributed by atoms with Gasteiger partial charge in [0.2, 0.25) is 5.91 Å². The van der Waals surface area contributed by atoms with E-state index in [4.69, 9.17) is 5.11 Å². The third kappa shape index (κ3) is 2.87. The molecule has 1 fully saturated rings. The number of amides is 1. The molecule has 5 heteroatoms. The van der Waals surface area contributed by atoms with E-state index in [2.05, 4.69) is 0 Å². The van der Waals surface area contributed by atoms with Crippen LogP contribution in [0, 0.1) is 11.2 Å². The number of nitrogens with zero attached hydrogens (tertiary/aromatic N) is 1. The topological polar surface area (TPSA) is 57.6 Å². The molecule has 20 heavy (non-hydrogen) atoms. The Bertz CT molecular complexity index is 570. The Hall–Kier alpha value is -2.17. The molecule has 2 rings (SSSR count). The zero-order chi connectivity index (χ0) is 14.8. The number of carbonyl (C=O) groups excluding carboxylic acids is 1. The maximum absolute atomic E-state index is 13.4. The molecule has 1 aliphatic heterocycles. The van der Waals surface area contributed by atoms with Crippen molar-refractivity contribution in [2.24, 2.45) is 5.41 Å². The zero-order valence-corrected chi connectivity index (χ0v) is 11.2. The van der Waals surface area contributed by atoms with Crippen molar-refractivity contribution in [1.82, 2.24) is 4.90 Å². The second-order valence-electron chi connectivity index (χ2n) is 5.23.